The monoisotopic (exact) mass is 299 g/mol. The van der Waals surface area contributed by atoms with Crippen molar-refractivity contribution in [1.29, 1.82) is 0 Å². The number of hydrogen-bond donors (Lipinski definition) is 0. The molecule has 0 N–H and O–H groups in total. The lowest BCUT2D eigenvalue weighted by Crippen LogP contribution is -2.38. The molecule has 0 atom stereocenters. The largest absolute Gasteiger partial charge is 0.339 e. The first-order valence-electron chi connectivity index (χ1n) is 7.54. The van der Waals surface area contributed by atoms with Gasteiger partial charge in [0.15, 0.2) is 0 Å². The highest BCUT2D eigenvalue weighted by atomic mass is 32.1. The van der Waals surface area contributed by atoms with Gasteiger partial charge in [-0.25, -0.2) is 0 Å². The molecule has 1 amide bonds. The average Bonchev–Trinajstić information content (AvgIpc) is 3.03. The van der Waals surface area contributed by atoms with Crippen LogP contribution in [-0.4, -0.2) is 23.9 Å². The number of amides is 1. The van der Waals surface area contributed by atoms with Crippen LogP contribution in [0.5, 0.6) is 0 Å². The molecule has 0 unspecified atom stereocenters. The predicted octanol–water partition coefficient (Wildman–Crippen LogP) is 4.38. The minimum absolute atomic E-state index is 0.194. The molecule has 21 heavy (non-hydrogen) atoms. The standard InChI is InChI=1S/C18H21NOS/c1-13-3-4-14(2)17(11-13)18(20)19-8-5-15(6-9-19)16-7-10-21-12-16/h3-4,7,10-12,15H,5-6,8-9H2,1-2H3. The summed E-state index contributed by atoms with van der Waals surface area (Å²) in [6.07, 6.45) is 2.15. The van der Waals surface area contributed by atoms with Gasteiger partial charge in [-0.05, 0) is 66.6 Å². The van der Waals surface area contributed by atoms with Crippen molar-refractivity contribution in [2.24, 2.45) is 0 Å². The van der Waals surface area contributed by atoms with Crippen LogP contribution in [0.1, 0.15) is 45.8 Å². The summed E-state index contributed by atoms with van der Waals surface area (Å²) in [4.78, 5) is 14.7. The van der Waals surface area contributed by atoms with Crippen molar-refractivity contribution in [3.63, 3.8) is 0 Å². The third-order valence-corrected chi connectivity index (χ3v) is 5.12. The van der Waals surface area contributed by atoms with Crippen LogP contribution in [-0.2, 0) is 0 Å². The first-order chi connectivity index (χ1) is 10.1. The van der Waals surface area contributed by atoms with E-state index in [1.165, 1.54) is 5.56 Å². The van der Waals surface area contributed by atoms with Gasteiger partial charge in [-0.15, -0.1) is 0 Å². The number of hydrogen-bond acceptors (Lipinski definition) is 2. The van der Waals surface area contributed by atoms with E-state index in [-0.39, 0.29) is 5.91 Å². The number of carbonyl (C=O) groups is 1. The van der Waals surface area contributed by atoms with Gasteiger partial charge >= 0.3 is 0 Å². The first kappa shape index (κ1) is 14.3. The molecular formula is C18H21NOS. The van der Waals surface area contributed by atoms with Gasteiger partial charge in [-0.3, -0.25) is 4.79 Å². The number of nitrogens with zero attached hydrogens (tertiary/aromatic N) is 1. The zero-order valence-electron chi connectivity index (χ0n) is 12.6. The molecule has 1 aromatic carbocycles. The molecule has 2 aromatic rings. The highest BCUT2D eigenvalue weighted by Crippen LogP contribution is 2.30. The number of piperidine rings is 1. The Morgan fingerprint density at radius 3 is 2.62 bits per heavy atom. The van der Waals surface area contributed by atoms with Crippen molar-refractivity contribution in [2.75, 3.05) is 13.1 Å². The number of aryl methyl sites for hydroxylation is 2. The van der Waals surface area contributed by atoms with Gasteiger partial charge in [0, 0.05) is 18.7 Å². The fourth-order valence-electron chi connectivity index (χ4n) is 3.06. The Morgan fingerprint density at radius 1 is 1.19 bits per heavy atom. The summed E-state index contributed by atoms with van der Waals surface area (Å²) in [5.74, 6) is 0.818. The molecule has 0 aliphatic carbocycles. The summed E-state index contributed by atoms with van der Waals surface area (Å²) in [6, 6.07) is 8.34. The van der Waals surface area contributed by atoms with Crippen molar-refractivity contribution >= 4 is 17.2 Å². The summed E-state index contributed by atoms with van der Waals surface area (Å²) in [5, 5.41) is 4.38. The summed E-state index contributed by atoms with van der Waals surface area (Å²) in [7, 11) is 0. The Balaban J connectivity index is 1.69. The maximum absolute atomic E-state index is 12.7. The minimum Gasteiger partial charge on any atom is -0.339 e. The smallest absolute Gasteiger partial charge is 0.254 e. The average molecular weight is 299 g/mol. The lowest BCUT2D eigenvalue weighted by molar-refractivity contribution is 0.0712. The first-order valence-corrected chi connectivity index (χ1v) is 8.48. The van der Waals surface area contributed by atoms with E-state index >= 15 is 0 Å². The molecule has 0 radical (unpaired) electrons. The van der Waals surface area contributed by atoms with E-state index in [1.54, 1.807) is 11.3 Å². The molecule has 1 aliphatic rings. The lowest BCUT2D eigenvalue weighted by atomic mass is 9.91. The Morgan fingerprint density at radius 2 is 1.95 bits per heavy atom. The van der Waals surface area contributed by atoms with E-state index in [1.807, 2.05) is 30.9 Å². The van der Waals surface area contributed by atoms with Crippen LogP contribution in [0, 0.1) is 13.8 Å². The molecule has 1 fully saturated rings. The fourth-order valence-corrected chi connectivity index (χ4v) is 3.80. The third kappa shape index (κ3) is 3.03. The van der Waals surface area contributed by atoms with Gasteiger partial charge in [-0.2, -0.15) is 11.3 Å². The van der Waals surface area contributed by atoms with E-state index in [9.17, 15) is 4.79 Å². The molecule has 2 heterocycles. The van der Waals surface area contributed by atoms with Crippen LogP contribution >= 0.6 is 11.3 Å². The Bertz CT molecular complexity index is 625. The molecule has 1 aliphatic heterocycles. The van der Waals surface area contributed by atoms with Gasteiger partial charge in [0.05, 0.1) is 0 Å². The van der Waals surface area contributed by atoms with E-state index in [0.717, 1.165) is 42.6 Å². The zero-order valence-corrected chi connectivity index (χ0v) is 13.5. The van der Waals surface area contributed by atoms with Gasteiger partial charge in [0.2, 0.25) is 0 Å². The third-order valence-electron chi connectivity index (χ3n) is 4.42. The van der Waals surface area contributed by atoms with E-state index in [4.69, 9.17) is 0 Å². The summed E-state index contributed by atoms with van der Waals surface area (Å²) in [5.41, 5.74) is 4.53. The van der Waals surface area contributed by atoms with Gasteiger partial charge in [0.1, 0.15) is 0 Å². The molecule has 2 nitrogen and oxygen atoms in total. The second-order valence-corrected chi connectivity index (χ2v) is 6.72. The second-order valence-electron chi connectivity index (χ2n) is 5.94. The summed E-state index contributed by atoms with van der Waals surface area (Å²) < 4.78 is 0. The maximum atomic E-state index is 12.7. The summed E-state index contributed by atoms with van der Waals surface area (Å²) in [6.45, 7) is 5.79. The zero-order chi connectivity index (χ0) is 14.8. The number of carbonyl (C=O) groups excluding carboxylic acids is 1. The van der Waals surface area contributed by atoms with Crippen LogP contribution in [0.15, 0.2) is 35.0 Å². The molecular weight excluding hydrogens is 278 g/mol. The normalized spacial score (nSPS) is 16.2. The number of likely N-dealkylation sites (tertiary alicyclic amines) is 1. The van der Waals surface area contributed by atoms with Crippen LogP contribution in [0.25, 0.3) is 0 Å². The van der Waals surface area contributed by atoms with E-state index in [2.05, 4.69) is 22.9 Å². The van der Waals surface area contributed by atoms with Crippen molar-refractivity contribution in [3.05, 3.63) is 57.3 Å². The molecule has 0 bridgehead atoms. The molecule has 1 saturated heterocycles. The molecule has 110 valence electrons. The fraction of sp³-hybridized carbons (Fsp3) is 0.389. The van der Waals surface area contributed by atoms with E-state index < -0.39 is 0 Å². The topological polar surface area (TPSA) is 20.3 Å². The van der Waals surface area contributed by atoms with Crippen LogP contribution in [0.2, 0.25) is 0 Å². The SMILES string of the molecule is Cc1ccc(C)c(C(=O)N2CCC(c3ccsc3)CC2)c1. The Hall–Kier alpha value is -1.61. The van der Waals surface area contributed by atoms with Gasteiger partial charge < -0.3 is 4.90 Å². The number of benzene rings is 1. The lowest BCUT2D eigenvalue weighted by Gasteiger charge is -2.32. The molecule has 1 aromatic heterocycles. The predicted molar refractivity (Wildman–Crippen MR) is 88.1 cm³/mol. The molecule has 0 spiro atoms. The van der Waals surface area contributed by atoms with Crippen LogP contribution in [0.4, 0.5) is 0 Å². The Labute approximate surface area is 130 Å². The van der Waals surface area contributed by atoms with Crippen molar-refractivity contribution in [3.8, 4) is 0 Å². The maximum Gasteiger partial charge on any atom is 0.254 e. The van der Waals surface area contributed by atoms with Gasteiger partial charge in [-0.1, -0.05) is 17.7 Å². The number of rotatable bonds is 2. The number of thiophene rings is 1. The quantitative estimate of drug-likeness (QED) is 0.805. The van der Waals surface area contributed by atoms with Crippen LogP contribution in [0.3, 0.4) is 0 Å². The second kappa shape index (κ2) is 6.02. The van der Waals surface area contributed by atoms with Crippen LogP contribution < -0.4 is 0 Å². The molecule has 3 rings (SSSR count). The summed E-state index contributed by atoms with van der Waals surface area (Å²) >= 11 is 1.76. The highest BCUT2D eigenvalue weighted by molar-refractivity contribution is 7.07. The van der Waals surface area contributed by atoms with E-state index in [0.29, 0.717) is 5.92 Å². The van der Waals surface area contributed by atoms with Gasteiger partial charge in [0.25, 0.3) is 5.91 Å². The van der Waals surface area contributed by atoms with Crippen molar-refractivity contribution in [1.82, 2.24) is 4.90 Å². The minimum atomic E-state index is 0.194. The molecule has 0 saturated carbocycles. The highest BCUT2D eigenvalue weighted by Gasteiger charge is 2.25. The van der Waals surface area contributed by atoms with Crippen molar-refractivity contribution in [2.45, 2.75) is 32.6 Å². The Kier molecular flexibility index (Phi) is 4.11. The molecule has 3 heteroatoms. The van der Waals surface area contributed by atoms with Crippen molar-refractivity contribution < 1.29 is 4.79 Å².